The Hall–Kier alpha value is -2.69. The summed E-state index contributed by atoms with van der Waals surface area (Å²) < 4.78 is 12.8. The summed E-state index contributed by atoms with van der Waals surface area (Å²) in [5, 5.41) is 17.0. The number of carboxylic acids is 1. The van der Waals surface area contributed by atoms with Crippen LogP contribution in [0.2, 0.25) is 0 Å². The maximum Gasteiger partial charge on any atom is 0.335 e. The number of anilines is 1. The van der Waals surface area contributed by atoms with Crippen LogP contribution >= 0.6 is 0 Å². The number of hydrogen-bond acceptors (Lipinski definition) is 3. The topological polar surface area (TPSA) is 87.2 Å². The van der Waals surface area contributed by atoms with E-state index in [9.17, 15) is 9.18 Å². The molecule has 0 aliphatic heterocycles. The number of hydrogen-bond donors (Lipinski definition) is 3. The molecule has 0 heterocycles. The van der Waals surface area contributed by atoms with Crippen molar-refractivity contribution in [2.75, 3.05) is 5.73 Å². The Morgan fingerprint density at radius 1 is 1.11 bits per heavy atom. The van der Waals surface area contributed by atoms with Crippen molar-refractivity contribution >= 4 is 17.4 Å². The van der Waals surface area contributed by atoms with Gasteiger partial charge in [-0.2, -0.15) is 0 Å². The standard InChI is InChI=1S/C14H11FN2O2/c15-10-4-1-8(2-5-10)13(17)11-7-9(14(18)19)3-6-12(11)16/h1-7,17H,16H2,(H,18,19). The number of rotatable bonds is 3. The lowest BCUT2D eigenvalue weighted by Crippen LogP contribution is -2.08. The summed E-state index contributed by atoms with van der Waals surface area (Å²) in [6.45, 7) is 0. The van der Waals surface area contributed by atoms with Crippen molar-refractivity contribution in [2.24, 2.45) is 0 Å². The molecular formula is C14H11FN2O2. The van der Waals surface area contributed by atoms with Crippen LogP contribution in [0, 0.1) is 11.2 Å². The molecule has 0 saturated carbocycles. The molecule has 2 aromatic rings. The quantitative estimate of drug-likeness (QED) is 0.584. The van der Waals surface area contributed by atoms with E-state index >= 15 is 0 Å². The Morgan fingerprint density at radius 2 is 1.68 bits per heavy atom. The summed E-state index contributed by atoms with van der Waals surface area (Å²) in [6.07, 6.45) is 0. The largest absolute Gasteiger partial charge is 0.478 e. The monoisotopic (exact) mass is 258 g/mol. The minimum Gasteiger partial charge on any atom is -0.478 e. The first kappa shape index (κ1) is 12.8. The van der Waals surface area contributed by atoms with Gasteiger partial charge in [-0.25, -0.2) is 9.18 Å². The zero-order valence-electron chi connectivity index (χ0n) is 9.85. The number of halogens is 1. The fourth-order valence-corrected chi connectivity index (χ4v) is 1.68. The maximum atomic E-state index is 12.8. The number of carbonyl (C=O) groups is 1. The van der Waals surface area contributed by atoms with Crippen LogP contribution in [0.1, 0.15) is 21.5 Å². The number of nitrogens with two attached hydrogens (primary N) is 1. The highest BCUT2D eigenvalue weighted by Gasteiger charge is 2.12. The zero-order valence-corrected chi connectivity index (χ0v) is 9.85. The van der Waals surface area contributed by atoms with Gasteiger partial charge in [-0.1, -0.05) is 0 Å². The van der Waals surface area contributed by atoms with E-state index in [-0.39, 0.29) is 11.3 Å². The molecule has 96 valence electrons. The van der Waals surface area contributed by atoms with E-state index in [2.05, 4.69) is 0 Å². The van der Waals surface area contributed by atoms with Crippen LogP contribution in [0.25, 0.3) is 0 Å². The maximum absolute atomic E-state index is 12.8. The lowest BCUT2D eigenvalue weighted by atomic mass is 9.99. The van der Waals surface area contributed by atoms with Gasteiger partial charge >= 0.3 is 5.97 Å². The molecule has 5 heteroatoms. The number of benzene rings is 2. The Balaban J connectivity index is 2.46. The molecule has 0 aliphatic carbocycles. The molecule has 0 amide bonds. The minimum atomic E-state index is -1.09. The summed E-state index contributed by atoms with van der Waals surface area (Å²) >= 11 is 0. The van der Waals surface area contributed by atoms with E-state index in [1.54, 1.807) is 0 Å². The molecule has 0 bridgehead atoms. The summed E-state index contributed by atoms with van der Waals surface area (Å²) in [5.74, 6) is -1.49. The third-order valence-electron chi connectivity index (χ3n) is 2.70. The van der Waals surface area contributed by atoms with Crippen molar-refractivity contribution in [3.8, 4) is 0 Å². The van der Waals surface area contributed by atoms with Crippen molar-refractivity contribution in [3.05, 3.63) is 65.0 Å². The van der Waals surface area contributed by atoms with Crippen molar-refractivity contribution in [1.82, 2.24) is 0 Å². The fourth-order valence-electron chi connectivity index (χ4n) is 1.68. The van der Waals surface area contributed by atoms with Gasteiger partial charge in [-0.3, -0.25) is 5.41 Å². The predicted octanol–water partition coefficient (Wildman–Crippen LogP) is 2.52. The molecular weight excluding hydrogens is 247 g/mol. The molecule has 0 radical (unpaired) electrons. The van der Waals surface area contributed by atoms with Crippen LogP contribution in [-0.2, 0) is 0 Å². The predicted molar refractivity (Wildman–Crippen MR) is 70.1 cm³/mol. The summed E-state index contributed by atoms with van der Waals surface area (Å²) in [5.41, 5.74) is 6.94. The van der Waals surface area contributed by atoms with Gasteiger partial charge in [0.25, 0.3) is 0 Å². The van der Waals surface area contributed by atoms with E-state index < -0.39 is 11.8 Å². The second kappa shape index (κ2) is 4.89. The van der Waals surface area contributed by atoms with E-state index in [0.717, 1.165) is 0 Å². The van der Waals surface area contributed by atoms with Crippen LogP contribution in [0.15, 0.2) is 42.5 Å². The first-order chi connectivity index (χ1) is 8.99. The van der Waals surface area contributed by atoms with Crippen molar-refractivity contribution in [3.63, 3.8) is 0 Å². The molecule has 0 aromatic heterocycles. The van der Waals surface area contributed by atoms with Gasteiger partial charge in [0.05, 0.1) is 11.3 Å². The van der Waals surface area contributed by atoms with Crippen LogP contribution < -0.4 is 5.73 Å². The zero-order chi connectivity index (χ0) is 14.0. The normalized spacial score (nSPS) is 10.2. The number of carboxylic acid groups (broad SMARTS) is 1. The molecule has 0 saturated heterocycles. The van der Waals surface area contributed by atoms with E-state index in [4.69, 9.17) is 16.2 Å². The average Bonchev–Trinajstić information content (AvgIpc) is 2.39. The van der Waals surface area contributed by atoms with Gasteiger partial charge in [-0.05, 0) is 42.5 Å². The van der Waals surface area contributed by atoms with E-state index in [1.807, 2.05) is 0 Å². The smallest absolute Gasteiger partial charge is 0.335 e. The van der Waals surface area contributed by atoms with E-state index in [0.29, 0.717) is 16.8 Å². The summed E-state index contributed by atoms with van der Waals surface area (Å²) in [4.78, 5) is 10.9. The molecule has 0 spiro atoms. The second-order valence-corrected chi connectivity index (χ2v) is 3.99. The fraction of sp³-hybridized carbons (Fsp3) is 0. The third-order valence-corrected chi connectivity index (χ3v) is 2.70. The number of nitrogens with one attached hydrogen (secondary N) is 1. The first-order valence-electron chi connectivity index (χ1n) is 5.46. The molecule has 0 aliphatic rings. The Morgan fingerprint density at radius 3 is 2.26 bits per heavy atom. The van der Waals surface area contributed by atoms with Gasteiger partial charge in [0.15, 0.2) is 0 Å². The van der Waals surface area contributed by atoms with Gasteiger partial charge in [0, 0.05) is 16.8 Å². The first-order valence-corrected chi connectivity index (χ1v) is 5.46. The molecule has 2 rings (SSSR count). The second-order valence-electron chi connectivity index (χ2n) is 3.99. The van der Waals surface area contributed by atoms with Gasteiger partial charge in [0.1, 0.15) is 5.82 Å². The minimum absolute atomic E-state index is 0.0519. The Bertz CT molecular complexity index is 651. The molecule has 0 unspecified atom stereocenters. The van der Waals surface area contributed by atoms with Crippen molar-refractivity contribution in [1.29, 1.82) is 5.41 Å². The average molecular weight is 258 g/mol. The molecule has 0 fully saturated rings. The van der Waals surface area contributed by atoms with Crippen LogP contribution in [-0.4, -0.2) is 16.8 Å². The SMILES string of the molecule is N=C(c1ccc(F)cc1)c1cc(C(=O)O)ccc1N. The van der Waals surface area contributed by atoms with Gasteiger partial charge in [0.2, 0.25) is 0 Å². The lowest BCUT2D eigenvalue weighted by Gasteiger charge is -2.09. The number of nitrogen functional groups attached to an aromatic ring is 1. The highest BCUT2D eigenvalue weighted by molar-refractivity contribution is 6.14. The molecule has 4 N–H and O–H groups in total. The third kappa shape index (κ3) is 2.60. The lowest BCUT2D eigenvalue weighted by molar-refractivity contribution is 0.0697. The van der Waals surface area contributed by atoms with Crippen LogP contribution in [0.5, 0.6) is 0 Å². The van der Waals surface area contributed by atoms with Crippen LogP contribution in [0.3, 0.4) is 0 Å². The molecule has 4 nitrogen and oxygen atoms in total. The van der Waals surface area contributed by atoms with Crippen molar-refractivity contribution < 1.29 is 14.3 Å². The Kier molecular flexibility index (Phi) is 3.29. The highest BCUT2D eigenvalue weighted by atomic mass is 19.1. The van der Waals surface area contributed by atoms with E-state index in [1.165, 1.54) is 42.5 Å². The number of aromatic carboxylic acids is 1. The summed E-state index contributed by atoms with van der Waals surface area (Å²) in [6, 6.07) is 9.52. The Labute approximate surface area is 108 Å². The van der Waals surface area contributed by atoms with Gasteiger partial charge < -0.3 is 10.8 Å². The summed E-state index contributed by atoms with van der Waals surface area (Å²) in [7, 11) is 0. The highest BCUT2D eigenvalue weighted by Crippen LogP contribution is 2.19. The van der Waals surface area contributed by atoms with Crippen LogP contribution in [0.4, 0.5) is 10.1 Å². The molecule has 0 atom stereocenters. The van der Waals surface area contributed by atoms with Crippen molar-refractivity contribution in [2.45, 2.75) is 0 Å². The molecule has 2 aromatic carbocycles. The van der Waals surface area contributed by atoms with Gasteiger partial charge in [-0.15, -0.1) is 0 Å². The molecule has 19 heavy (non-hydrogen) atoms.